The zero-order valence-electron chi connectivity index (χ0n) is 15.1. The van der Waals surface area contributed by atoms with Crippen LogP contribution in [0.15, 0.2) is 65.5 Å². The summed E-state index contributed by atoms with van der Waals surface area (Å²) < 4.78 is 81.1. The molecule has 30 heavy (non-hydrogen) atoms. The van der Waals surface area contributed by atoms with E-state index in [2.05, 4.69) is 0 Å². The number of pyridine rings is 1. The quantitative estimate of drug-likeness (QED) is 0.526. The molecule has 0 bridgehead atoms. The number of nitriles is 1. The lowest BCUT2D eigenvalue weighted by molar-refractivity contribution is -0.138. The van der Waals surface area contributed by atoms with Crippen LogP contribution in [0.3, 0.4) is 0 Å². The molecule has 0 spiro atoms. The van der Waals surface area contributed by atoms with Crippen LogP contribution < -0.4 is 5.56 Å². The fourth-order valence-corrected chi connectivity index (χ4v) is 3.09. The van der Waals surface area contributed by atoms with Crippen molar-refractivity contribution in [3.8, 4) is 17.3 Å². The summed E-state index contributed by atoms with van der Waals surface area (Å²) in [6.07, 6.45) is -9.71. The molecule has 0 radical (unpaired) electrons. The van der Waals surface area contributed by atoms with Crippen molar-refractivity contribution in [1.82, 2.24) is 4.57 Å². The van der Waals surface area contributed by atoms with Crippen molar-refractivity contribution >= 4 is 0 Å². The van der Waals surface area contributed by atoms with E-state index in [-0.39, 0.29) is 16.8 Å². The second-order valence-corrected chi connectivity index (χ2v) is 6.34. The van der Waals surface area contributed by atoms with Crippen LogP contribution in [0.1, 0.15) is 22.3 Å². The van der Waals surface area contributed by atoms with E-state index < -0.39 is 41.1 Å². The van der Waals surface area contributed by atoms with E-state index in [9.17, 15) is 31.1 Å². The summed E-state index contributed by atoms with van der Waals surface area (Å²) in [6.45, 7) is -0.661. The highest BCUT2D eigenvalue weighted by Crippen LogP contribution is 2.35. The average molecular weight is 422 g/mol. The largest absolute Gasteiger partial charge is 0.417 e. The van der Waals surface area contributed by atoms with Crippen molar-refractivity contribution in [2.24, 2.45) is 0 Å². The van der Waals surface area contributed by atoms with Crippen LogP contribution in [0.4, 0.5) is 26.3 Å². The number of hydrogen-bond acceptors (Lipinski definition) is 2. The lowest BCUT2D eigenvalue weighted by Crippen LogP contribution is -2.29. The molecular formula is C21H12F6N2O. The molecule has 3 rings (SSSR count). The Kier molecular flexibility index (Phi) is 5.44. The van der Waals surface area contributed by atoms with Gasteiger partial charge < -0.3 is 4.57 Å². The zero-order chi connectivity index (χ0) is 22.1. The molecule has 0 atom stereocenters. The minimum absolute atomic E-state index is 0.189. The smallest absolute Gasteiger partial charge is 0.303 e. The first-order valence-electron chi connectivity index (χ1n) is 8.49. The van der Waals surface area contributed by atoms with Gasteiger partial charge in [-0.3, -0.25) is 4.79 Å². The minimum atomic E-state index is -4.99. The molecule has 0 aliphatic heterocycles. The Labute approximate surface area is 166 Å². The Morgan fingerprint density at radius 2 is 1.40 bits per heavy atom. The van der Waals surface area contributed by atoms with Crippen LogP contribution in [-0.4, -0.2) is 4.57 Å². The minimum Gasteiger partial charge on any atom is -0.303 e. The van der Waals surface area contributed by atoms with Gasteiger partial charge in [0.15, 0.2) is 0 Å². The standard InChI is InChI=1S/C21H12F6N2O/c22-20(23,24)16-9-5-4-8-14(16)12-29-18(13-6-2-1-3-7-13)10-17(21(25,26)27)15(11-28)19(29)30/h1-10H,12H2. The van der Waals surface area contributed by atoms with E-state index >= 15 is 0 Å². The van der Waals surface area contributed by atoms with Crippen molar-refractivity contribution in [3.63, 3.8) is 0 Å². The van der Waals surface area contributed by atoms with Crippen molar-refractivity contribution in [3.05, 3.63) is 93.3 Å². The molecule has 0 N–H and O–H groups in total. The predicted molar refractivity (Wildman–Crippen MR) is 96.4 cm³/mol. The number of nitrogens with zero attached hydrogens (tertiary/aromatic N) is 2. The molecule has 0 aliphatic carbocycles. The lowest BCUT2D eigenvalue weighted by Gasteiger charge is -2.19. The summed E-state index contributed by atoms with van der Waals surface area (Å²) in [5, 5.41) is 9.16. The van der Waals surface area contributed by atoms with E-state index in [1.165, 1.54) is 42.5 Å². The molecule has 0 unspecified atom stereocenters. The second kappa shape index (κ2) is 7.71. The van der Waals surface area contributed by atoms with Crippen LogP contribution in [-0.2, 0) is 18.9 Å². The molecule has 0 saturated carbocycles. The third-order valence-corrected chi connectivity index (χ3v) is 4.44. The number of halogens is 6. The molecule has 0 saturated heterocycles. The highest BCUT2D eigenvalue weighted by atomic mass is 19.4. The average Bonchev–Trinajstić information content (AvgIpc) is 2.68. The maximum Gasteiger partial charge on any atom is 0.417 e. The second-order valence-electron chi connectivity index (χ2n) is 6.34. The van der Waals surface area contributed by atoms with Crippen LogP contribution in [0.2, 0.25) is 0 Å². The maximum absolute atomic E-state index is 13.4. The SMILES string of the molecule is N#Cc1c(C(F)(F)F)cc(-c2ccccc2)n(Cc2ccccc2C(F)(F)F)c1=O. The number of alkyl halides is 6. The fourth-order valence-electron chi connectivity index (χ4n) is 3.09. The van der Waals surface area contributed by atoms with Crippen LogP contribution in [0.5, 0.6) is 0 Å². The van der Waals surface area contributed by atoms with Gasteiger partial charge in [0, 0.05) is 0 Å². The molecule has 1 aromatic heterocycles. The Hall–Kier alpha value is -3.54. The van der Waals surface area contributed by atoms with E-state index in [1.54, 1.807) is 6.07 Å². The van der Waals surface area contributed by atoms with Crippen LogP contribution >= 0.6 is 0 Å². The van der Waals surface area contributed by atoms with Gasteiger partial charge in [-0.2, -0.15) is 31.6 Å². The lowest BCUT2D eigenvalue weighted by atomic mass is 10.0. The Morgan fingerprint density at radius 1 is 0.833 bits per heavy atom. The van der Waals surface area contributed by atoms with Gasteiger partial charge in [-0.1, -0.05) is 48.5 Å². The van der Waals surface area contributed by atoms with E-state index in [0.29, 0.717) is 6.07 Å². The van der Waals surface area contributed by atoms with Crippen molar-refractivity contribution in [2.75, 3.05) is 0 Å². The topological polar surface area (TPSA) is 45.8 Å². The molecule has 1 heterocycles. The Balaban J connectivity index is 2.33. The summed E-state index contributed by atoms with van der Waals surface area (Å²) in [6, 6.07) is 13.8. The monoisotopic (exact) mass is 422 g/mol. The van der Waals surface area contributed by atoms with E-state index in [1.807, 2.05) is 0 Å². The van der Waals surface area contributed by atoms with Crippen LogP contribution in [0, 0.1) is 11.3 Å². The zero-order valence-corrected chi connectivity index (χ0v) is 15.1. The van der Waals surface area contributed by atoms with Crippen molar-refractivity contribution in [1.29, 1.82) is 5.26 Å². The highest BCUT2D eigenvalue weighted by Gasteiger charge is 2.37. The van der Waals surface area contributed by atoms with Gasteiger partial charge in [-0.05, 0) is 23.3 Å². The number of rotatable bonds is 3. The van der Waals surface area contributed by atoms with Crippen LogP contribution in [0.25, 0.3) is 11.3 Å². The van der Waals surface area contributed by atoms with Gasteiger partial charge in [-0.15, -0.1) is 0 Å². The molecule has 0 amide bonds. The fraction of sp³-hybridized carbons (Fsp3) is 0.143. The van der Waals surface area contributed by atoms with Gasteiger partial charge in [0.1, 0.15) is 11.6 Å². The predicted octanol–water partition coefficient (Wildman–Crippen LogP) is 5.47. The summed E-state index contributed by atoms with van der Waals surface area (Å²) >= 11 is 0. The van der Waals surface area contributed by atoms with E-state index in [4.69, 9.17) is 5.26 Å². The van der Waals surface area contributed by atoms with Gasteiger partial charge in [-0.25, -0.2) is 0 Å². The third-order valence-electron chi connectivity index (χ3n) is 4.44. The number of benzene rings is 2. The molecule has 9 heteroatoms. The Bertz CT molecular complexity index is 1170. The highest BCUT2D eigenvalue weighted by molar-refractivity contribution is 5.62. The van der Waals surface area contributed by atoms with Gasteiger partial charge in [0.25, 0.3) is 5.56 Å². The van der Waals surface area contributed by atoms with Crippen molar-refractivity contribution in [2.45, 2.75) is 18.9 Å². The van der Waals surface area contributed by atoms with E-state index in [0.717, 1.165) is 16.7 Å². The van der Waals surface area contributed by atoms with Gasteiger partial charge >= 0.3 is 12.4 Å². The number of hydrogen-bond donors (Lipinski definition) is 0. The maximum atomic E-state index is 13.4. The molecule has 0 fully saturated rings. The van der Waals surface area contributed by atoms with Gasteiger partial charge in [0.2, 0.25) is 0 Å². The normalized spacial score (nSPS) is 11.9. The Morgan fingerprint density at radius 3 is 1.97 bits per heavy atom. The summed E-state index contributed by atoms with van der Waals surface area (Å²) in [7, 11) is 0. The summed E-state index contributed by atoms with van der Waals surface area (Å²) in [5.74, 6) is 0. The molecule has 0 aliphatic rings. The molecule has 2 aromatic carbocycles. The first kappa shape index (κ1) is 21.2. The van der Waals surface area contributed by atoms with Crippen molar-refractivity contribution < 1.29 is 26.3 Å². The molecule has 154 valence electrons. The first-order chi connectivity index (χ1) is 14.0. The molecule has 3 aromatic rings. The third kappa shape index (κ3) is 4.08. The van der Waals surface area contributed by atoms with Gasteiger partial charge in [0.05, 0.1) is 23.4 Å². The molecule has 3 nitrogen and oxygen atoms in total. The summed E-state index contributed by atoms with van der Waals surface area (Å²) in [5.41, 5.74) is -5.32. The summed E-state index contributed by atoms with van der Waals surface area (Å²) in [4.78, 5) is 12.8. The molecular weight excluding hydrogens is 410 g/mol. The number of aromatic nitrogens is 1. The first-order valence-corrected chi connectivity index (χ1v) is 8.49.